The lowest BCUT2D eigenvalue weighted by Gasteiger charge is -2.42. The zero-order valence-corrected chi connectivity index (χ0v) is 31.9. The van der Waals surface area contributed by atoms with Crippen molar-refractivity contribution in [3.8, 4) is 0 Å². The minimum Gasteiger partial charge on any atom is -0.390 e. The van der Waals surface area contributed by atoms with Gasteiger partial charge < -0.3 is 30.3 Å². The number of carbonyl (C=O) groups is 2. The number of anilines is 4. The van der Waals surface area contributed by atoms with Crippen LogP contribution in [0.4, 0.5) is 23.1 Å². The SMILES string of the molecule is C[C@@H]1CN(c2ncc(Cl)c(Nc3ccc4c(c3)n(CCC3(O)CCC3)c(=O)n4C)n2)CC[C@H]1N(C)c1ccc2c(C3(C=O)CCC(=O)NC3)nn(C)c2c1. The first-order chi connectivity index (χ1) is 25.9. The van der Waals surface area contributed by atoms with Crippen LogP contribution in [-0.4, -0.2) is 84.5 Å². The molecular formula is C39H47ClN10O4. The van der Waals surface area contributed by atoms with Gasteiger partial charge in [0.05, 0.1) is 39.5 Å². The summed E-state index contributed by atoms with van der Waals surface area (Å²) in [6, 6.07) is 12.3. The summed E-state index contributed by atoms with van der Waals surface area (Å²) in [5.74, 6) is 1.31. The maximum atomic E-state index is 13.1. The molecule has 15 heteroatoms. The molecule has 3 aliphatic rings. The number of aryl methyl sites for hydroxylation is 3. The third-order valence-corrected chi connectivity index (χ3v) is 12.5. The second-order valence-electron chi connectivity index (χ2n) is 15.6. The zero-order chi connectivity index (χ0) is 37.9. The number of fused-ring (bicyclic) bond motifs is 2. The van der Waals surface area contributed by atoms with Gasteiger partial charge in [0.1, 0.15) is 11.3 Å². The fraction of sp³-hybridized carbons (Fsp3) is 0.487. The van der Waals surface area contributed by atoms with Crippen LogP contribution in [0.3, 0.4) is 0 Å². The van der Waals surface area contributed by atoms with Gasteiger partial charge in [0.15, 0.2) is 5.82 Å². The van der Waals surface area contributed by atoms with Crippen LogP contribution >= 0.6 is 11.6 Å². The Hall–Kier alpha value is -4.95. The molecular weight excluding hydrogens is 708 g/mol. The molecule has 3 atom stereocenters. The van der Waals surface area contributed by atoms with Crippen LogP contribution in [0.5, 0.6) is 0 Å². The number of imidazole rings is 1. The van der Waals surface area contributed by atoms with Crippen molar-refractivity contribution >= 4 is 68.9 Å². The van der Waals surface area contributed by atoms with Crippen LogP contribution in [0.1, 0.15) is 57.6 Å². The Balaban J connectivity index is 0.970. The Morgan fingerprint density at radius 1 is 1.11 bits per heavy atom. The van der Waals surface area contributed by atoms with Crippen LogP contribution < -0.4 is 26.1 Å². The first-order valence-electron chi connectivity index (χ1n) is 18.8. The smallest absolute Gasteiger partial charge is 0.328 e. The van der Waals surface area contributed by atoms with E-state index in [1.165, 1.54) is 0 Å². The molecule has 3 aromatic heterocycles. The molecule has 5 heterocycles. The standard InChI is InChI=1S/C39H47ClN10O4/c1-24-21-49(16-11-29(24)46(2)26-7-8-27-31(19-26)48(4)45-34(27)38(23-51)14-10-33(52)42-22-38)36-41-20-28(40)35(44-36)43-25-6-9-30-32(18-25)50(37(53)47(30)3)17-15-39(54)12-5-13-39/h6-9,18-20,23-24,29,54H,5,10-17,21-22H2,1-4H3,(H,42,52)(H,41,43,44)/t24-,29-,38?/m1/s1. The number of aldehydes is 1. The molecule has 1 amide bonds. The topological polar surface area (TPSA) is 155 Å². The van der Waals surface area contributed by atoms with Crippen LogP contribution in [0.25, 0.3) is 21.9 Å². The number of hydrogen-bond donors (Lipinski definition) is 3. The highest BCUT2D eigenvalue weighted by molar-refractivity contribution is 6.32. The van der Waals surface area contributed by atoms with E-state index in [1.807, 2.05) is 29.9 Å². The summed E-state index contributed by atoms with van der Waals surface area (Å²) in [6.45, 7) is 4.44. The predicted molar refractivity (Wildman–Crippen MR) is 210 cm³/mol. The summed E-state index contributed by atoms with van der Waals surface area (Å²) in [4.78, 5) is 51.4. The fourth-order valence-corrected chi connectivity index (χ4v) is 8.77. The van der Waals surface area contributed by atoms with Crippen LogP contribution in [0.2, 0.25) is 5.02 Å². The van der Waals surface area contributed by atoms with Gasteiger partial charge in [-0.25, -0.2) is 9.78 Å². The molecule has 1 saturated carbocycles. The van der Waals surface area contributed by atoms with Gasteiger partial charge in [-0.3, -0.25) is 18.6 Å². The molecule has 3 fully saturated rings. The normalized spacial score (nSPS) is 22.6. The number of halogens is 1. The van der Waals surface area contributed by atoms with Gasteiger partial charge in [-0.2, -0.15) is 10.1 Å². The van der Waals surface area contributed by atoms with E-state index >= 15 is 0 Å². The van der Waals surface area contributed by atoms with E-state index in [0.717, 1.165) is 78.4 Å². The molecule has 2 aliphatic heterocycles. The Labute approximate surface area is 318 Å². The Morgan fingerprint density at radius 2 is 1.93 bits per heavy atom. The number of carbonyl (C=O) groups excluding carboxylic acids is 2. The summed E-state index contributed by atoms with van der Waals surface area (Å²) in [5.41, 5.74) is 3.44. The highest BCUT2D eigenvalue weighted by Crippen LogP contribution is 2.38. The second-order valence-corrected chi connectivity index (χ2v) is 16.0. The van der Waals surface area contributed by atoms with E-state index < -0.39 is 11.0 Å². The number of rotatable bonds is 10. The number of aromatic nitrogens is 6. The second kappa shape index (κ2) is 13.7. The van der Waals surface area contributed by atoms with Crippen molar-refractivity contribution in [3.05, 3.63) is 63.8 Å². The van der Waals surface area contributed by atoms with E-state index in [2.05, 4.69) is 57.6 Å². The van der Waals surface area contributed by atoms with E-state index in [9.17, 15) is 19.5 Å². The maximum absolute atomic E-state index is 13.1. The van der Waals surface area contributed by atoms with E-state index in [0.29, 0.717) is 48.3 Å². The molecule has 54 heavy (non-hydrogen) atoms. The lowest BCUT2D eigenvalue weighted by atomic mass is 9.78. The number of nitrogens with one attached hydrogen (secondary N) is 2. The van der Waals surface area contributed by atoms with Gasteiger partial charge in [0.2, 0.25) is 11.9 Å². The lowest BCUT2D eigenvalue weighted by molar-refractivity contribution is -0.125. The number of hydrogen-bond acceptors (Lipinski definition) is 10. The summed E-state index contributed by atoms with van der Waals surface area (Å²) < 4.78 is 5.21. The van der Waals surface area contributed by atoms with Crippen molar-refractivity contribution in [2.45, 2.75) is 75.5 Å². The Morgan fingerprint density at radius 3 is 2.63 bits per heavy atom. The fourth-order valence-electron chi connectivity index (χ4n) is 8.64. The summed E-state index contributed by atoms with van der Waals surface area (Å²) in [6.07, 6.45) is 7.31. The number of piperidine rings is 2. The van der Waals surface area contributed by atoms with Gasteiger partial charge in [-0.1, -0.05) is 18.5 Å². The van der Waals surface area contributed by atoms with Gasteiger partial charge in [-0.15, -0.1) is 0 Å². The molecule has 8 rings (SSSR count). The third kappa shape index (κ3) is 6.28. The molecule has 5 aromatic rings. The van der Waals surface area contributed by atoms with Gasteiger partial charge >= 0.3 is 5.69 Å². The van der Waals surface area contributed by atoms with Crippen molar-refractivity contribution in [2.24, 2.45) is 20.0 Å². The van der Waals surface area contributed by atoms with Gasteiger partial charge in [0.25, 0.3) is 0 Å². The average molecular weight is 755 g/mol. The minimum absolute atomic E-state index is 0.0385. The molecule has 3 N–H and O–H groups in total. The Kier molecular flexibility index (Phi) is 9.16. The van der Waals surface area contributed by atoms with E-state index in [1.54, 1.807) is 22.4 Å². The molecule has 0 radical (unpaired) electrons. The molecule has 1 unspecified atom stereocenters. The number of amides is 1. The monoisotopic (exact) mass is 754 g/mol. The summed E-state index contributed by atoms with van der Waals surface area (Å²) in [5, 5.41) is 23.0. The average Bonchev–Trinajstić information content (AvgIpc) is 3.62. The lowest BCUT2D eigenvalue weighted by Crippen LogP contribution is -2.49. The quantitative estimate of drug-likeness (QED) is 0.175. The third-order valence-electron chi connectivity index (χ3n) is 12.2. The highest BCUT2D eigenvalue weighted by atomic mass is 35.5. The first-order valence-corrected chi connectivity index (χ1v) is 19.2. The molecule has 2 aromatic carbocycles. The highest BCUT2D eigenvalue weighted by Gasteiger charge is 2.40. The molecule has 1 aliphatic carbocycles. The molecule has 14 nitrogen and oxygen atoms in total. The van der Waals surface area contributed by atoms with Crippen LogP contribution in [0.15, 0.2) is 47.4 Å². The van der Waals surface area contributed by atoms with Crippen LogP contribution in [0, 0.1) is 5.92 Å². The first kappa shape index (κ1) is 36.0. The largest absolute Gasteiger partial charge is 0.390 e. The predicted octanol–water partition coefficient (Wildman–Crippen LogP) is 4.42. The Bertz CT molecular complexity index is 2320. The van der Waals surface area contributed by atoms with Crippen molar-refractivity contribution in [1.29, 1.82) is 0 Å². The van der Waals surface area contributed by atoms with Crippen molar-refractivity contribution in [3.63, 3.8) is 0 Å². The van der Waals surface area contributed by atoms with Crippen molar-refractivity contribution < 1.29 is 14.7 Å². The maximum Gasteiger partial charge on any atom is 0.328 e. The minimum atomic E-state index is -0.833. The number of nitrogens with zero attached hydrogens (tertiary/aromatic N) is 8. The molecule has 284 valence electrons. The van der Waals surface area contributed by atoms with Gasteiger partial charge in [0, 0.05) is 76.5 Å². The number of aliphatic hydroxyl groups is 1. The van der Waals surface area contributed by atoms with Gasteiger partial charge in [-0.05, 0) is 80.8 Å². The van der Waals surface area contributed by atoms with Crippen molar-refractivity contribution in [1.82, 2.24) is 34.2 Å². The molecule has 2 saturated heterocycles. The van der Waals surface area contributed by atoms with E-state index in [4.69, 9.17) is 21.7 Å². The van der Waals surface area contributed by atoms with Crippen molar-refractivity contribution in [2.75, 3.05) is 41.8 Å². The molecule has 0 spiro atoms. The summed E-state index contributed by atoms with van der Waals surface area (Å²) in [7, 11) is 5.79. The molecule has 0 bridgehead atoms. The van der Waals surface area contributed by atoms with Crippen LogP contribution in [-0.2, 0) is 35.6 Å². The zero-order valence-electron chi connectivity index (χ0n) is 31.2. The number of benzene rings is 2. The van der Waals surface area contributed by atoms with E-state index in [-0.39, 0.29) is 30.1 Å². The summed E-state index contributed by atoms with van der Waals surface area (Å²) >= 11 is 6.63.